The zero-order valence-electron chi connectivity index (χ0n) is 10.9. The standard InChI is InChI=1S/C13H21N3O2/c1-16(2)8-7-15-13(18)12(14)9-10-3-5-11(17)6-4-10/h3-6,12,17H,7-9,14H2,1-2H3,(H,15,18)/t12-/m1/s1. The van der Waals surface area contributed by atoms with Crippen molar-refractivity contribution in [2.75, 3.05) is 27.2 Å². The first kappa shape index (κ1) is 14.5. The number of phenolic OH excluding ortho intramolecular Hbond substituents is 1. The van der Waals surface area contributed by atoms with Crippen LogP contribution >= 0.6 is 0 Å². The molecule has 1 amide bonds. The lowest BCUT2D eigenvalue weighted by atomic mass is 10.1. The fraction of sp³-hybridized carbons (Fsp3) is 0.462. The van der Waals surface area contributed by atoms with Crippen LogP contribution in [0, 0.1) is 0 Å². The SMILES string of the molecule is CN(C)CCNC(=O)[C@H](N)Cc1ccc(O)cc1. The number of carbonyl (C=O) groups excluding carboxylic acids is 1. The summed E-state index contributed by atoms with van der Waals surface area (Å²) >= 11 is 0. The molecule has 4 N–H and O–H groups in total. The highest BCUT2D eigenvalue weighted by Gasteiger charge is 2.13. The molecular formula is C13H21N3O2. The molecule has 1 aromatic carbocycles. The smallest absolute Gasteiger partial charge is 0.237 e. The van der Waals surface area contributed by atoms with E-state index in [2.05, 4.69) is 5.32 Å². The molecule has 0 unspecified atom stereocenters. The number of phenols is 1. The zero-order chi connectivity index (χ0) is 13.5. The van der Waals surface area contributed by atoms with Crippen molar-refractivity contribution in [3.05, 3.63) is 29.8 Å². The highest BCUT2D eigenvalue weighted by atomic mass is 16.3. The maximum atomic E-state index is 11.7. The van der Waals surface area contributed by atoms with Gasteiger partial charge in [0.05, 0.1) is 6.04 Å². The summed E-state index contributed by atoms with van der Waals surface area (Å²) < 4.78 is 0. The van der Waals surface area contributed by atoms with E-state index < -0.39 is 6.04 Å². The molecule has 18 heavy (non-hydrogen) atoms. The Morgan fingerprint density at radius 3 is 2.56 bits per heavy atom. The fourth-order valence-electron chi connectivity index (χ4n) is 1.51. The maximum absolute atomic E-state index is 11.7. The second kappa shape index (κ2) is 6.98. The Hall–Kier alpha value is -1.59. The molecular weight excluding hydrogens is 230 g/mol. The minimum absolute atomic E-state index is 0.148. The van der Waals surface area contributed by atoms with Crippen LogP contribution in [-0.2, 0) is 11.2 Å². The first-order chi connectivity index (χ1) is 8.49. The van der Waals surface area contributed by atoms with Crippen LogP contribution < -0.4 is 11.1 Å². The van der Waals surface area contributed by atoms with Crippen molar-refractivity contribution in [3.8, 4) is 5.75 Å². The van der Waals surface area contributed by atoms with Crippen molar-refractivity contribution >= 4 is 5.91 Å². The number of hydrogen-bond acceptors (Lipinski definition) is 4. The van der Waals surface area contributed by atoms with Crippen LogP contribution in [0.3, 0.4) is 0 Å². The number of benzene rings is 1. The van der Waals surface area contributed by atoms with E-state index in [9.17, 15) is 4.79 Å². The van der Waals surface area contributed by atoms with Crippen LogP contribution in [0.15, 0.2) is 24.3 Å². The summed E-state index contributed by atoms with van der Waals surface area (Å²) in [5, 5.41) is 11.9. The molecule has 0 heterocycles. The van der Waals surface area contributed by atoms with E-state index >= 15 is 0 Å². The molecule has 0 saturated carbocycles. The largest absolute Gasteiger partial charge is 0.508 e. The van der Waals surface area contributed by atoms with Gasteiger partial charge >= 0.3 is 0 Å². The van der Waals surface area contributed by atoms with Crippen molar-refractivity contribution < 1.29 is 9.90 Å². The molecule has 1 rings (SSSR count). The number of likely N-dealkylation sites (N-methyl/N-ethyl adjacent to an activating group) is 1. The molecule has 0 aliphatic heterocycles. The predicted molar refractivity (Wildman–Crippen MR) is 71.3 cm³/mol. The van der Waals surface area contributed by atoms with Crippen LogP contribution in [0.25, 0.3) is 0 Å². The first-order valence-corrected chi connectivity index (χ1v) is 5.95. The van der Waals surface area contributed by atoms with Crippen molar-refractivity contribution in [2.45, 2.75) is 12.5 Å². The summed E-state index contributed by atoms with van der Waals surface area (Å²) in [7, 11) is 3.89. The van der Waals surface area contributed by atoms with E-state index in [0.29, 0.717) is 13.0 Å². The molecule has 0 radical (unpaired) electrons. The van der Waals surface area contributed by atoms with E-state index in [1.165, 1.54) is 0 Å². The Morgan fingerprint density at radius 1 is 1.39 bits per heavy atom. The van der Waals surface area contributed by atoms with E-state index in [1.807, 2.05) is 19.0 Å². The van der Waals surface area contributed by atoms with E-state index in [1.54, 1.807) is 24.3 Å². The highest BCUT2D eigenvalue weighted by Crippen LogP contribution is 2.10. The van der Waals surface area contributed by atoms with Gasteiger partial charge in [-0.25, -0.2) is 0 Å². The molecule has 0 spiro atoms. The molecule has 0 aliphatic rings. The number of nitrogens with one attached hydrogen (secondary N) is 1. The van der Waals surface area contributed by atoms with Crippen molar-refractivity contribution in [2.24, 2.45) is 5.73 Å². The third-order valence-corrected chi connectivity index (χ3v) is 2.59. The number of rotatable bonds is 6. The van der Waals surface area contributed by atoms with Crippen LogP contribution in [0.4, 0.5) is 0 Å². The highest BCUT2D eigenvalue weighted by molar-refractivity contribution is 5.81. The van der Waals surface area contributed by atoms with Gasteiger partial charge in [-0.05, 0) is 38.2 Å². The van der Waals surface area contributed by atoms with Gasteiger partial charge in [-0.2, -0.15) is 0 Å². The molecule has 5 heteroatoms. The maximum Gasteiger partial charge on any atom is 0.237 e. The average molecular weight is 251 g/mol. The summed E-state index contributed by atoms with van der Waals surface area (Å²) in [6.07, 6.45) is 0.466. The van der Waals surface area contributed by atoms with Gasteiger partial charge in [-0.15, -0.1) is 0 Å². The lowest BCUT2D eigenvalue weighted by Crippen LogP contribution is -2.44. The van der Waals surface area contributed by atoms with Crippen LogP contribution in [0.2, 0.25) is 0 Å². The summed E-state index contributed by atoms with van der Waals surface area (Å²) in [6, 6.07) is 6.15. The number of aromatic hydroxyl groups is 1. The molecule has 100 valence electrons. The van der Waals surface area contributed by atoms with Crippen LogP contribution in [-0.4, -0.2) is 49.1 Å². The van der Waals surface area contributed by atoms with E-state index in [-0.39, 0.29) is 11.7 Å². The number of nitrogens with two attached hydrogens (primary N) is 1. The van der Waals surface area contributed by atoms with Gasteiger partial charge < -0.3 is 21.1 Å². The van der Waals surface area contributed by atoms with Gasteiger partial charge in [-0.3, -0.25) is 4.79 Å². The van der Waals surface area contributed by atoms with Gasteiger partial charge in [0.25, 0.3) is 0 Å². The molecule has 5 nitrogen and oxygen atoms in total. The second-order valence-corrected chi connectivity index (χ2v) is 4.57. The molecule has 0 fully saturated rings. The Kier molecular flexibility index (Phi) is 5.61. The minimum atomic E-state index is -0.559. The van der Waals surface area contributed by atoms with Crippen molar-refractivity contribution in [1.29, 1.82) is 0 Å². The van der Waals surface area contributed by atoms with Crippen LogP contribution in [0.5, 0.6) is 5.75 Å². The van der Waals surface area contributed by atoms with Gasteiger partial charge in [-0.1, -0.05) is 12.1 Å². The Morgan fingerprint density at radius 2 is 2.00 bits per heavy atom. The molecule has 1 atom stereocenters. The second-order valence-electron chi connectivity index (χ2n) is 4.57. The topological polar surface area (TPSA) is 78.6 Å². The lowest BCUT2D eigenvalue weighted by molar-refractivity contribution is -0.122. The Labute approximate surface area is 108 Å². The summed E-state index contributed by atoms with van der Waals surface area (Å²) in [6.45, 7) is 1.38. The average Bonchev–Trinajstić information content (AvgIpc) is 2.31. The molecule has 0 aromatic heterocycles. The number of hydrogen-bond donors (Lipinski definition) is 3. The van der Waals surface area contributed by atoms with Gasteiger partial charge in [0.1, 0.15) is 5.75 Å². The zero-order valence-corrected chi connectivity index (χ0v) is 10.9. The number of amides is 1. The van der Waals surface area contributed by atoms with Gasteiger partial charge in [0, 0.05) is 13.1 Å². The molecule has 0 bridgehead atoms. The normalized spacial score (nSPS) is 12.4. The predicted octanol–water partition coefficient (Wildman–Crippen LogP) is -0.0602. The Balaban J connectivity index is 2.37. The third-order valence-electron chi connectivity index (χ3n) is 2.59. The van der Waals surface area contributed by atoms with Gasteiger partial charge in [0.15, 0.2) is 0 Å². The van der Waals surface area contributed by atoms with Crippen molar-refractivity contribution in [1.82, 2.24) is 10.2 Å². The quantitative estimate of drug-likeness (QED) is 0.662. The number of nitrogens with zero attached hydrogens (tertiary/aromatic N) is 1. The number of carbonyl (C=O) groups is 1. The van der Waals surface area contributed by atoms with Crippen LogP contribution in [0.1, 0.15) is 5.56 Å². The fourth-order valence-corrected chi connectivity index (χ4v) is 1.51. The van der Waals surface area contributed by atoms with Crippen molar-refractivity contribution in [3.63, 3.8) is 0 Å². The summed E-state index contributed by atoms with van der Waals surface area (Å²) in [5.74, 6) is 0.0627. The van der Waals surface area contributed by atoms with Gasteiger partial charge in [0.2, 0.25) is 5.91 Å². The summed E-state index contributed by atoms with van der Waals surface area (Å²) in [5.41, 5.74) is 6.75. The third kappa shape index (κ3) is 5.16. The molecule has 0 aliphatic carbocycles. The van der Waals surface area contributed by atoms with E-state index in [0.717, 1.165) is 12.1 Å². The molecule has 0 saturated heterocycles. The first-order valence-electron chi connectivity index (χ1n) is 5.95. The van der Waals surface area contributed by atoms with E-state index in [4.69, 9.17) is 10.8 Å². The summed E-state index contributed by atoms with van der Waals surface area (Å²) in [4.78, 5) is 13.7. The Bertz CT molecular complexity index is 376. The lowest BCUT2D eigenvalue weighted by Gasteiger charge is -2.14. The molecule has 1 aromatic rings. The monoisotopic (exact) mass is 251 g/mol. The minimum Gasteiger partial charge on any atom is -0.508 e.